The highest BCUT2D eigenvalue weighted by Gasteiger charge is 2.37. The lowest BCUT2D eigenvalue weighted by Gasteiger charge is -2.42. The van der Waals surface area contributed by atoms with E-state index >= 15 is 0 Å². The molecule has 1 amide bonds. The number of hydrogen-bond donors (Lipinski definition) is 1. The zero-order valence-electron chi connectivity index (χ0n) is 14.1. The third-order valence-electron chi connectivity index (χ3n) is 4.91. The molecule has 22 heavy (non-hydrogen) atoms. The van der Waals surface area contributed by atoms with Crippen LogP contribution in [0.25, 0.3) is 0 Å². The van der Waals surface area contributed by atoms with E-state index in [2.05, 4.69) is 23.5 Å². The lowest BCUT2D eigenvalue weighted by atomic mass is 10.0. The van der Waals surface area contributed by atoms with Gasteiger partial charge in [-0.1, -0.05) is 0 Å². The molecule has 128 valence electrons. The van der Waals surface area contributed by atoms with E-state index in [9.17, 15) is 13.2 Å². The molecule has 6 nitrogen and oxygen atoms in total. The van der Waals surface area contributed by atoms with Crippen LogP contribution in [0.2, 0.25) is 0 Å². The van der Waals surface area contributed by atoms with E-state index in [0.29, 0.717) is 24.7 Å². The summed E-state index contributed by atoms with van der Waals surface area (Å²) in [5, 5.41) is 0. The highest BCUT2D eigenvalue weighted by molar-refractivity contribution is 7.88. The molecule has 0 aromatic rings. The average Bonchev–Trinajstić information content (AvgIpc) is 2.75. The van der Waals surface area contributed by atoms with Crippen LogP contribution < -0.4 is 4.72 Å². The Labute approximate surface area is 134 Å². The van der Waals surface area contributed by atoms with Gasteiger partial charge in [0.1, 0.15) is 0 Å². The summed E-state index contributed by atoms with van der Waals surface area (Å²) in [6.45, 7) is 7.58. The topological polar surface area (TPSA) is 69.7 Å². The third kappa shape index (κ3) is 4.20. The van der Waals surface area contributed by atoms with Crippen LogP contribution in [0.3, 0.4) is 0 Å². The van der Waals surface area contributed by atoms with Crippen molar-refractivity contribution in [2.45, 2.75) is 70.6 Å². The lowest BCUT2D eigenvalue weighted by Crippen LogP contribution is -2.55. The van der Waals surface area contributed by atoms with Crippen LogP contribution in [0.1, 0.15) is 46.5 Å². The summed E-state index contributed by atoms with van der Waals surface area (Å²) < 4.78 is 25.0. The van der Waals surface area contributed by atoms with Gasteiger partial charge in [-0.3, -0.25) is 9.69 Å². The van der Waals surface area contributed by atoms with Gasteiger partial charge in [0, 0.05) is 31.2 Å². The molecule has 0 spiro atoms. The predicted molar refractivity (Wildman–Crippen MR) is 87.0 cm³/mol. The first-order chi connectivity index (χ1) is 10.2. The number of carbonyl (C=O) groups excluding carboxylic acids is 1. The van der Waals surface area contributed by atoms with Gasteiger partial charge in [-0.25, -0.2) is 13.1 Å². The number of amides is 1. The quantitative estimate of drug-likeness (QED) is 0.827. The molecule has 2 aliphatic heterocycles. The van der Waals surface area contributed by atoms with Crippen molar-refractivity contribution in [2.75, 3.05) is 19.3 Å². The van der Waals surface area contributed by atoms with Crippen molar-refractivity contribution in [3.05, 3.63) is 0 Å². The van der Waals surface area contributed by atoms with E-state index in [1.54, 1.807) is 6.92 Å². The molecule has 0 saturated carbocycles. The number of nitrogens with one attached hydrogen (secondary N) is 1. The van der Waals surface area contributed by atoms with Crippen molar-refractivity contribution < 1.29 is 13.2 Å². The molecule has 7 heteroatoms. The minimum absolute atomic E-state index is 0.116. The Morgan fingerprint density at radius 1 is 1.18 bits per heavy atom. The molecule has 4 unspecified atom stereocenters. The number of likely N-dealkylation sites (tertiary alicyclic amines) is 2. The first-order valence-electron chi connectivity index (χ1n) is 8.22. The van der Waals surface area contributed by atoms with Gasteiger partial charge in [0.25, 0.3) is 0 Å². The van der Waals surface area contributed by atoms with Crippen LogP contribution >= 0.6 is 0 Å². The minimum Gasteiger partial charge on any atom is -0.340 e. The molecule has 0 aromatic carbocycles. The number of rotatable bonds is 4. The van der Waals surface area contributed by atoms with Crippen molar-refractivity contribution in [1.82, 2.24) is 14.5 Å². The Kier molecular flexibility index (Phi) is 5.50. The van der Waals surface area contributed by atoms with Gasteiger partial charge in [0.05, 0.1) is 12.3 Å². The maximum Gasteiger partial charge on any atom is 0.240 e. The Balaban J connectivity index is 1.99. The van der Waals surface area contributed by atoms with Crippen molar-refractivity contribution in [3.63, 3.8) is 0 Å². The molecule has 1 N–H and O–H groups in total. The number of hydrogen-bond acceptors (Lipinski definition) is 4. The number of nitrogens with zero attached hydrogens (tertiary/aromatic N) is 2. The molecule has 2 aliphatic rings. The second-order valence-corrected chi connectivity index (χ2v) is 8.69. The van der Waals surface area contributed by atoms with Crippen LogP contribution in [0.5, 0.6) is 0 Å². The fourth-order valence-corrected chi connectivity index (χ4v) is 4.72. The normalized spacial score (nSPS) is 32.2. The Bertz CT molecular complexity index is 498. The summed E-state index contributed by atoms with van der Waals surface area (Å²) in [5.41, 5.74) is 0. The second-order valence-electron chi connectivity index (χ2n) is 6.91. The highest BCUT2D eigenvalue weighted by atomic mass is 32.2. The first kappa shape index (κ1) is 17.7. The number of piperidine rings is 1. The zero-order chi connectivity index (χ0) is 16.5. The molecule has 0 radical (unpaired) electrons. The van der Waals surface area contributed by atoms with E-state index in [-0.39, 0.29) is 5.91 Å². The molecule has 2 rings (SSSR count). The molecule has 2 saturated heterocycles. The standard InChI is InChI=1S/C15H29N3O3S/c1-11-7-8-12(2)18(11)14-6-5-9-17(10-14)15(19)13(3)16-22(4,20)21/h11-14,16H,5-10H2,1-4H3. The van der Waals surface area contributed by atoms with Crippen LogP contribution in [-0.4, -0.2) is 67.6 Å². The SMILES string of the molecule is CC(NS(C)(=O)=O)C(=O)N1CCCC(N2C(C)CCC2C)C1. The van der Waals surface area contributed by atoms with E-state index in [1.165, 1.54) is 12.8 Å². The monoisotopic (exact) mass is 331 g/mol. The summed E-state index contributed by atoms with van der Waals surface area (Å²) >= 11 is 0. The van der Waals surface area contributed by atoms with Crippen molar-refractivity contribution in [1.29, 1.82) is 0 Å². The van der Waals surface area contributed by atoms with Crippen molar-refractivity contribution >= 4 is 15.9 Å². The molecule has 0 aliphatic carbocycles. The van der Waals surface area contributed by atoms with Gasteiger partial charge in [0.2, 0.25) is 15.9 Å². The van der Waals surface area contributed by atoms with Crippen LogP contribution in [0.15, 0.2) is 0 Å². The summed E-state index contributed by atoms with van der Waals surface area (Å²) in [6, 6.07) is 0.848. The summed E-state index contributed by atoms with van der Waals surface area (Å²) in [4.78, 5) is 16.9. The third-order valence-corrected chi connectivity index (χ3v) is 5.69. The molecule has 2 fully saturated rings. The maximum absolute atomic E-state index is 12.5. The summed E-state index contributed by atoms with van der Waals surface area (Å²) in [5.74, 6) is -0.116. The molecular formula is C15H29N3O3S. The first-order valence-corrected chi connectivity index (χ1v) is 10.1. The minimum atomic E-state index is -3.36. The smallest absolute Gasteiger partial charge is 0.240 e. The van der Waals surface area contributed by atoms with Crippen molar-refractivity contribution in [3.8, 4) is 0 Å². The van der Waals surface area contributed by atoms with E-state index in [0.717, 1.165) is 25.6 Å². The summed E-state index contributed by atoms with van der Waals surface area (Å²) in [7, 11) is -3.36. The Morgan fingerprint density at radius 2 is 1.77 bits per heavy atom. The molecule has 0 aromatic heterocycles. The van der Waals surface area contributed by atoms with Crippen molar-refractivity contribution in [2.24, 2.45) is 0 Å². The molecule has 4 atom stereocenters. The largest absolute Gasteiger partial charge is 0.340 e. The molecule has 2 heterocycles. The Morgan fingerprint density at radius 3 is 2.32 bits per heavy atom. The van der Waals surface area contributed by atoms with E-state index < -0.39 is 16.1 Å². The maximum atomic E-state index is 12.5. The molecule has 0 bridgehead atoms. The zero-order valence-corrected chi connectivity index (χ0v) is 14.9. The van der Waals surface area contributed by atoms with Gasteiger partial charge < -0.3 is 4.90 Å². The fourth-order valence-electron chi connectivity index (χ4n) is 3.98. The number of carbonyl (C=O) groups is 1. The van der Waals surface area contributed by atoms with Crippen LogP contribution in [0.4, 0.5) is 0 Å². The second kappa shape index (κ2) is 6.84. The van der Waals surface area contributed by atoms with E-state index in [1.807, 2.05) is 4.90 Å². The Hall–Kier alpha value is -0.660. The van der Waals surface area contributed by atoms with Crippen LogP contribution in [0, 0.1) is 0 Å². The van der Waals surface area contributed by atoms with Gasteiger partial charge in [-0.2, -0.15) is 0 Å². The lowest BCUT2D eigenvalue weighted by molar-refractivity contribution is -0.135. The highest BCUT2D eigenvalue weighted by Crippen LogP contribution is 2.29. The number of sulfonamides is 1. The van der Waals surface area contributed by atoms with E-state index in [4.69, 9.17) is 0 Å². The predicted octanol–water partition coefficient (Wildman–Crippen LogP) is 0.788. The van der Waals surface area contributed by atoms with Crippen LogP contribution in [-0.2, 0) is 14.8 Å². The molecular weight excluding hydrogens is 302 g/mol. The summed E-state index contributed by atoms with van der Waals surface area (Å²) in [6.07, 6.45) is 5.63. The fraction of sp³-hybridized carbons (Fsp3) is 0.933. The van der Waals surface area contributed by atoms with Gasteiger partial charge in [-0.15, -0.1) is 0 Å². The van der Waals surface area contributed by atoms with Gasteiger partial charge in [-0.05, 0) is 46.5 Å². The van der Waals surface area contributed by atoms with Gasteiger partial charge in [0.15, 0.2) is 0 Å². The average molecular weight is 331 g/mol. The van der Waals surface area contributed by atoms with Gasteiger partial charge >= 0.3 is 0 Å².